The Hall–Kier alpha value is -0.810. The first-order valence-corrected chi connectivity index (χ1v) is 7.24. The zero-order chi connectivity index (χ0) is 13.0. The van der Waals surface area contributed by atoms with Crippen LogP contribution >= 0.6 is 15.9 Å². The Morgan fingerprint density at radius 1 is 1.61 bits per heavy atom. The Bertz CT molecular complexity index is 400. The predicted molar refractivity (Wildman–Crippen MR) is 77.4 cm³/mol. The molecular formula is C13H20BrN3O. The van der Waals surface area contributed by atoms with Crippen molar-refractivity contribution in [3.63, 3.8) is 0 Å². The molecule has 4 nitrogen and oxygen atoms in total. The van der Waals surface area contributed by atoms with Crippen molar-refractivity contribution < 1.29 is 4.74 Å². The minimum atomic E-state index is 0.568. The molecule has 1 saturated heterocycles. The van der Waals surface area contributed by atoms with E-state index >= 15 is 0 Å². The molecular weight excluding hydrogens is 294 g/mol. The summed E-state index contributed by atoms with van der Waals surface area (Å²) in [7, 11) is 2.03. The predicted octanol–water partition coefficient (Wildman–Crippen LogP) is 2.43. The summed E-state index contributed by atoms with van der Waals surface area (Å²) in [6.45, 7) is 4.76. The molecule has 0 spiro atoms. The smallest absolute Gasteiger partial charge is 0.154 e. The molecule has 1 atom stereocenters. The average molecular weight is 314 g/mol. The summed E-state index contributed by atoms with van der Waals surface area (Å²) in [5.41, 5.74) is 1.14. The number of hydrogen-bond acceptors (Lipinski definition) is 4. The van der Waals surface area contributed by atoms with Crippen LogP contribution in [0.25, 0.3) is 0 Å². The standard InChI is InChI=1S/C13H20BrN3O/c1-3-18-12-7-11(8-16-13(12)14)17-6-4-5-10(9-17)15-2/h7-8,10,15H,3-6,9H2,1-2H3/t10-/m0/s1. The molecule has 1 fully saturated rings. The zero-order valence-electron chi connectivity index (χ0n) is 10.9. The maximum atomic E-state index is 5.57. The van der Waals surface area contributed by atoms with E-state index in [1.54, 1.807) is 0 Å². The van der Waals surface area contributed by atoms with Gasteiger partial charge in [-0.05, 0) is 42.7 Å². The quantitative estimate of drug-likeness (QED) is 0.866. The van der Waals surface area contributed by atoms with E-state index in [1.807, 2.05) is 20.2 Å². The summed E-state index contributed by atoms with van der Waals surface area (Å²) in [5, 5.41) is 3.35. The lowest BCUT2D eigenvalue weighted by Crippen LogP contribution is -2.44. The van der Waals surface area contributed by atoms with Crippen LogP contribution in [0.15, 0.2) is 16.9 Å². The molecule has 0 amide bonds. The molecule has 0 radical (unpaired) electrons. The lowest BCUT2D eigenvalue weighted by Gasteiger charge is -2.34. The molecule has 2 heterocycles. The Balaban J connectivity index is 2.14. The molecule has 1 N–H and O–H groups in total. The van der Waals surface area contributed by atoms with Crippen molar-refractivity contribution >= 4 is 21.6 Å². The van der Waals surface area contributed by atoms with Gasteiger partial charge in [-0.15, -0.1) is 0 Å². The maximum Gasteiger partial charge on any atom is 0.154 e. The minimum Gasteiger partial charge on any atom is -0.491 e. The van der Waals surface area contributed by atoms with Crippen LogP contribution in [0.3, 0.4) is 0 Å². The van der Waals surface area contributed by atoms with Crippen LogP contribution in [0.5, 0.6) is 5.75 Å². The Morgan fingerprint density at radius 3 is 3.17 bits per heavy atom. The van der Waals surface area contributed by atoms with E-state index in [0.29, 0.717) is 12.6 Å². The van der Waals surface area contributed by atoms with Gasteiger partial charge < -0.3 is 15.0 Å². The Kier molecular flexibility index (Phi) is 4.83. The number of nitrogens with one attached hydrogen (secondary N) is 1. The number of hydrogen-bond donors (Lipinski definition) is 1. The lowest BCUT2D eigenvalue weighted by molar-refractivity contribution is 0.336. The fraction of sp³-hybridized carbons (Fsp3) is 0.615. The van der Waals surface area contributed by atoms with Gasteiger partial charge in [0.2, 0.25) is 0 Å². The van der Waals surface area contributed by atoms with E-state index in [1.165, 1.54) is 12.8 Å². The normalized spacial score (nSPS) is 19.9. The molecule has 2 rings (SSSR count). The van der Waals surface area contributed by atoms with Crippen molar-refractivity contribution in [3.8, 4) is 5.75 Å². The van der Waals surface area contributed by atoms with E-state index in [9.17, 15) is 0 Å². The highest BCUT2D eigenvalue weighted by atomic mass is 79.9. The third-order valence-electron chi connectivity index (χ3n) is 3.29. The summed E-state index contributed by atoms with van der Waals surface area (Å²) < 4.78 is 6.34. The number of pyridine rings is 1. The van der Waals surface area contributed by atoms with Crippen LogP contribution in [-0.2, 0) is 0 Å². The van der Waals surface area contributed by atoms with E-state index in [2.05, 4.69) is 37.2 Å². The van der Waals surface area contributed by atoms with Crippen LogP contribution in [0.2, 0.25) is 0 Å². The Labute approximate surface area is 117 Å². The number of rotatable bonds is 4. The van der Waals surface area contributed by atoms with E-state index < -0.39 is 0 Å². The van der Waals surface area contributed by atoms with Crippen molar-refractivity contribution in [3.05, 3.63) is 16.9 Å². The van der Waals surface area contributed by atoms with Gasteiger partial charge in [0.1, 0.15) is 4.60 Å². The van der Waals surface area contributed by atoms with Crippen molar-refractivity contribution in [2.45, 2.75) is 25.8 Å². The fourth-order valence-corrected chi connectivity index (χ4v) is 2.63. The van der Waals surface area contributed by atoms with Gasteiger partial charge in [0, 0.05) is 25.2 Å². The monoisotopic (exact) mass is 313 g/mol. The second-order valence-corrected chi connectivity index (χ2v) is 5.24. The van der Waals surface area contributed by atoms with Gasteiger partial charge in [-0.25, -0.2) is 4.98 Å². The topological polar surface area (TPSA) is 37.4 Å². The molecule has 1 aliphatic heterocycles. The first-order valence-electron chi connectivity index (χ1n) is 6.45. The number of aromatic nitrogens is 1. The number of likely N-dealkylation sites (N-methyl/N-ethyl adjacent to an activating group) is 1. The maximum absolute atomic E-state index is 5.57. The van der Waals surface area contributed by atoms with Crippen molar-refractivity contribution in [1.29, 1.82) is 0 Å². The highest BCUT2D eigenvalue weighted by molar-refractivity contribution is 9.10. The van der Waals surface area contributed by atoms with Crippen LogP contribution in [0, 0.1) is 0 Å². The number of nitrogens with zero attached hydrogens (tertiary/aromatic N) is 2. The van der Waals surface area contributed by atoms with Crippen LogP contribution < -0.4 is 15.0 Å². The van der Waals surface area contributed by atoms with Crippen molar-refractivity contribution in [1.82, 2.24) is 10.3 Å². The van der Waals surface area contributed by atoms with Gasteiger partial charge in [-0.3, -0.25) is 0 Å². The SMILES string of the molecule is CCOc1cc(N2CCC[C@H](NC)C2)cnc1Br. The number of anilines is 1. The number of halogens is 1. The number of ether oxygens (including phenoxy) is 1. The molecule has 1 aliphatic rings. The Morgan fingerprint density at radius 2 is 2.44 bits per heavy atom. The second-order valence-electron chi connectivity index (χ2n) is 4.49. The van der Waals surface area contributed by atoms with Gasteiger partial charge in [-0.2, -0.15) is 0 Å². The first-order chi connectivity index (χ1) is 8.74. The summed E-state index contributed by atoms with van der Waals surface area (Å²) in [6.07, 6.45) is 4.37. The van der Waals surface area contributed by atoms with Gasteiger partial charge in [0.15, 0.2) is 5.75 Å². The molecule has 1 aromatic rings. The van der Waals surface area contributed by atoms with Crippen molar-refractivity contribution in [2.75, 3.05) is 31.6 Å². The molecule has 0 aliphatic carbocycles. The lowest BCUT2D eigenvalue weighted by atomic mass is 10.1. The summed E-state index contributed by atoms with van der Waals surface area (Å²) in [5.74, 6) is 0.821. The molecule has 0 saturated carbocycles. The summed E-state index contributed by atoms with van der Waals surface area (Å²) >= 11 is 3.41. The van der Waals surface area contributed by atoms with Crippen LogP contribution in [0.4, 0.5) is 5.69 Å². The highest BCUT2D eigenvalue weighted by Gasteiger charge is 2.19. The second kappa shape index (κ2) is 6.38. The molecule has 0 bridgehead atoms. The summed E-state index contributed by atoms with van der Waals surface area (Å²) in [4.78, 5) is 6.72. The van der Waals surface area contributed by atoms with Gasteiger partial charge in [0.25, 0.3) is 0 Å². The van der Waals surface area contributed by atoms with Gasteiger partial charge in [0.05, 0.1) is 18.5 Å². The number of piperidine rings is 1. The van der Waals surface area contributed by atoms with Crippen LogP contribution in [-0.4, -0.2) is 37.8 Å². The first kappa shape index (κ1) is 13.6. The van der Waals surface area contributed by atoms with Crippen LogP contribution in [0.1, 0.15) is 19.8 Å². The zero-order valence-corrected chi connectivity index (χ0v) is 12.5. The third kappa shape index (κ3) is 3.14. The highest BCUT2D eigenvalue weighted by Crippen LogP contribution is 2.29. The van der Waals surface area contributed by atoms with Gasteiger partial charge in [-0.1, -0.05) is 0 Å². The third-order valence-corrected chi connectivity index (χ3v) is 3.88. The van der Waals surface area contributed by atoms with Gasteiger partial charge >= 0.3 is 0 Å². The molecule has 100 valence electrons. The molecule has 1 aromatic heterocycles. The molecule has 18 heavy (non-hydrogen) atoms. The van der Waals surface area contributed by atoms with Crippen molar-refractivity contribution in [2.24, 2.45) is 0 Å². The van der Waals surface area contributed by atoms with E-state index in [-0.39, 0.29) is 0 Å². The molecule has 0 aromatic carbocycles. The average Bonchev–Trinajstić information content (AvgIpc) is 2.41. The van der Waals surface area contributed by atoms with E-state index in [4.69, 9.17) is 4.74 Å². The van der Waals surface area contributed by atoms with E-state index in [0.717, 1.165) is 29.1 Å². The molecule has 0 unspecified atom stereocenters. The summed E-state index contributed by atoms with van der Waals surface area (Å²) in [6, 6.07) is 2.64. The largest absolute Gasteiger partial charge is 0.491 e. The minimum absolute atomic E-state index is 0.568. The fourth-order valence-electron chi connectivity index (χ4n) is 2.29. The molecule has 5 heteroatoms.